The highest BCUT2D eigenvalue weighted by Crippen LogP contribution is 2.19. The number of esters is 1. The highest BCUT2D eigenvalue weighted by molar-refractivity contribution is 7.85. The van der Waals surface area contributed by atoms with Gasteiger partial charge in [-0.05, 0) is 31.2 Å². The number of nitrogen functional groups attached to an aromatic ring is 1. The van der Waals surface area contributed by atoms with Gasteiger partial charge in [0.1, 0.15) is 11.4 Å². The van der Waals surface area contributed by atoms with Crippen LogP contribution >= 0.6 is 0 Å². The van der Waals surface area contributed by atoms with E-state index in [1.54, 1.807) is 6.92 Å². The molecule has 0 radical (unpaired) electrons. The second-order valence-electron chi connectivity index (χ2n) is 4.04. The van der Waals surface area contributed by atoms with Crippen molar-refractivity contribution in [2.45, 2.75) is 11.8 Å². The van der Waals surface area contributed by atoms with Crippen molar-refractivity contribution in [3.8, 4) is 5.69 Å². The molecule has 0 aliphatic carbocycles. The molecular weight excluding hydrogens is 298 g/mol. The first-order chi connectivity index (χ1) is 9.84. The zero-order valence-electron chi connectivity index (χ0n) is 11.1. The van der Waals surface area contributed by atoms with Crippen molar-refractivity contribution in [1.82, 2.24) is 9.78 Å². The Morgan fingerprint density at radius 1 is 1.38 bits per heavy atom. The maximum atomic E-state index is 11.6. The number of anilines is 1. The van der Waals surface area contributed by atoms with Crippen LogP contribution in [0.1, 0.15) is 17.3 Å². The summed E-state index contributed by atoms with van der Waals surface area (Å²) in [7, 11) is -4.26. The first-order valence-corrected chi connectivity index (χ1v) is 7.37. The van der Waals surface area contributed by atoms with Crippen LogP contribution in [0.2, 0.25) is 0 Å². The van der Waals surface area contributed by atoms with E-state index in [-0.39, 0.29) is 22.9 Å². The van der Waals surface area contributed by atoms with Crippen LogP contribution in [0.25, 0.3) is 5.69 Å². The Bertz CT molecular complexity index is 765. The number of aromatic nitrogens is 2. The summed E-state index contributed by atoms with van der Waals surface area (Å²) in [6, 6.07) is 5.22. The minimum Gasteiger partial charge on any atom is -0.462 e. The fraction of sp³-hybridized carbons (Fsp3) is 0.167. The van der Waals surface area contributed by atoms with Gasteiger partial charge in [-0.2, -0.15) is 13.5 Å². The van der Waals surface area contributed by atoms with E-state index in [0.29, 0.717) is 5.69 Å². The molecule has 0 aliphatic rings. The summed E-state index contributed by atoms with van der Waals surface area (Å²) < 4.78 is 36.9. The van der Waals surface area contributed by atoms with Crippen molar-refractivity contribution < 1.29 is 22.5 Å². The van der Waals surface area contributed by atoms with Crippen LogP contribution in [0.15, 0.2) is 35.4 Å². The van der Waals surface area contributed by atoms with E-state index >= 15 is 0 Å². The van der Waals surface area contributed by atoms with Crippen LogP contribution in [0.5, 0.6) is 0 Å². The van der Waals surface area contributed by atoms with E-state index in [1.165, 1.54) is 35.1 Å². The lowest BCUT2D eigenvalue weighted by molar-refractivity contribution is 0.0527. The number of rotatable bonds is 4. The summed E-state index contributed by atoms with van der Waals surface area (Å²) >= 11 is 0. The third-order valence-corrected chi connectivity index (χ3v) is 3.55. The quantitative estimate of drug-likeness (QED) is 0.634. The number of benzene rings is 1. The Morgan fingerprint density at radius 3 is 2.52 bits per heavy atom. The minimum absolute atomic E-state index is 0.0769. The van der Waals surface area contributed by atoms with Gasteiger partial charge in [0.15, 0.2) is 0 Å². The Labute approximate surface area is 120 Å². The molecule has 1 heterocycles. The van der Waals surface area contributed by atoms with E-state index in [2.05, 4.69) is 5.10 Å². The molecule has 112 valence electrons. The lowest BCUT2D eigenvalue weighted by Crippen LogP contribution is -2.09. The summed E-state index contributed by atoms with van der Waals surface area (Å²) in [5.74, 6) is -0.510. The first-order valence-electron chi connectivity index (χ1n) is 5.93. The molecule has 0 unspecified atom stereocenters. The SMILES string of the molecule is CCOC(=O)c1cnn(-c2ccc(S(=O)(=O)O)cc2)c1N. The molecule has 0 atom stereocenters. The molecular formula is C12H13N3O5S. The van der Waals surface area contributed by atoms with Gasteiger partial charge in [0, 0.05) is 0 Å². The summed E-state index contributed by atoms with van der Waals surface area (Å²) in [5.41, 5.74) is 6.38. The number of hydrogen-bond acceptors (Lipinski definition) is 6. The van der Waals surface area contributed by atoms with Crippen molar-refractivity contribution in [1.29, 1.82) is 0 Å². The topological polar surface area (TPSA) is 125 Å². The second kappa shape index (κ2) is 5.54. The largest absolute Gasteiger partial charge is 0.462 e. The number of nitrogens with two attached hydrogens (primary N) is 1. The molecule has 0 fully saturated rings. The number of nitrogens with zero attached hydrogens (tertiary/aromatic N) is 2. The number of carbonyl (C=O) groups excluding carboxylic acids is 1. The van der Waals surface area contributed by atoms with Crippen LogP contribution in [0, 0.1) is 0 Å². The molecule has 21 heavy (non-hydrogen) atoms. The van der Waals surface area contributed by atoms with Gasteiger partial charge in [-0.3, -0.25) is 4.55 Å². The van der Waals surface area contributed by atoms with Crippen LogP contribution < -0.4 is 5.73 Å². The molecule has 3 N–H and O–H groups in total. The molecule has 9 heteroatoms. The maximum Gasteiger partial charge on any atom is 0.343 e. The molecule has 2 aromatic rings. The van der Waals surface area contributed by atoms with Gasteiger partial charge >= 0.3 is 5.97 Å². The van der Waals surface area contributed by atoms with E-state index < -0.39 is 16.1 Å². The van der Waals surface area contributed by atoms with Crippen molar-refractivity contribution in [3.05, 3.63) is 36.0 Å². The predicted octanol–water partition coefficient (Wildman–Crippen LogP) is 0.878. The molecule has 0 aliphatic heterocycles. The van der Waals surface area contributed by atoms with E-state index in [9.17, 15) is 13.2 Å². The predicted molar refractivity (Wildman–Crippen MR) is 73.7 cm³/mol. The van der Waals surface area contributed by atoms with Gasteiger partial charge in [0.05, 0.1) is 23.4 Å². The van der Waals surface area contributed by atoms with E-state index in [1.807, 2.05) is 0 Å². The summed E-state index contributed by atoms with van der Waals surface area (Å²) in [6.45, 7) is 1.89. The molecule has 0 bridgehead atoms. The third kappa shape index (κ3) is 3.03. The maximum absolute atomic E-state index is 11.6. The van der Waals surface area contributed by atoms with E-state index in [0.717, 1.165) is 0 Å². The normalized spacial score (nSPS) is 11.3. The Kier molecular flexibility index (Phi) is 3.96. The zero-order valence-corrected chi connectivity index (χ0v) is 11.9. The van der Waals surface area contributed by atoms with Crippen molar-refractivity contribution in [2.24, 2.45) is 0 Å². The highest BCUT2D eigenvalue weighted by Gasteiger charge is 2.17. The van der Waals surface area contributed by atoms with Gasteiger partial charge in [-0.25, -0.2) is 9.48 Å². The minimum atomic E-state index is -4.26. The molecule has 8 nitrogen and oxygen atoms in total. The van der Waals surface area contributed by atoms with Gasteiger partial charge in [-0.1, -0.05) is 0 Å². The average Bonchev–Trinajstić information content (AvgIpc) is 2.80. The smallest absolute Gasteiger partial charge is 0.343 e. The number of carbonyl (C=O) groups is 1. The van der Waals surface area contributed by atoms with Crippen molar-refractivity contribution in [2.75, 3.05) is 12.3 Å². The fourth-order valence-corrected chi connectivity index (χ4v) is 2.17. The van der Waals surface area contributed by atoms with Gasteiger partial charge in [-0.15, -0.1) is 0 Å². The van der Waals surface area contributed by atoms with Crippen molar-refractivity contribution >= 4 is 21.9 Å². The van der Waals surface area contributed by atoms with Crippen LogP contribution in [-0.2, 0) is 14.9 Å². The summed E-state index contributed by atoms with van der Waals surface area (Å²) in [4.78, 5) is 11.4. The fourth-order valence-electron chi connectivity index (χ4n) is 1.69. The lowest BCUT2D eigenvalue weighted by Gasteiger charge is -2.06. The Morgan fingerprint density at radius 2 is 2.00 bits per heavy atom. The molecule has 0 saturated carbocycles. The first kappa shape index (κ1) is 15.0. The standard InChI is InChI=1S/C12H13N3O5S/c1-2-20-12(16)10-7-14-15(11(10)13)8-3-5-9(6-4-8)21(17,18)19/h3-7H,2,13H2,1H3,(H,17,18,19). The average molecular weight is 311 g/mol. The van der Waals surface area contributed by atoms with Crippen LogP contribution in [0.4, 0.5) is 5.82 Å². The molecule has 0 spiro atoms. The molecule has 2 rings (SSSR count). The van der Waals surface area contributed by atoms with Crippen molar-refractivity contribution in [3.63, 3.8) is 0 Å². The summed E-state index contributed by atoms with van der Waals surface area (Å²) in [5, 5.41) is 3.96. The van der Waals surface area contributed by atoms with Gasteiger partial charge in [0.25, 0.3) is 10.1 Å². The van der Waals surface area contributed by atoms with Crippen LogP contribution in [0.3, 0.4) is 0 Å². The van der Waals surface area contributed by atoms with Crippen LogP contribution in [-0.4, -0.2) is 35.3 Å². The number of ether oxygens (including phenoxy) is 1. The lowest BCUT2D eigenvalue weighted by atomic mass is 10.3. The molecule has 1 aromatic carbocycles. The second-order valence-corrected chi connectivity index (χ2v) is 5.47. The molecule has 0 saturated heterocycles. The monoisotopic (exact) mass is 311 g/mol. The Hall–Kier alpha value is -2.39. The van der Waals surface area contributed by atoms with E-state index in [4.69, 9.17) is 15.0 Å². The zero-order chi connectivity index (χ0) is 15.6. The molecule has 1 aromatic heterocycles. The van der Waals surface area contributed by atoms with Gasteiger partial charge < -0.3 is 10.5 Å². The summed E-state index contributed by atoms with van der Waals surface area (Å²) in [6.07, 6.45) is 1.27. The van der Waals surface area contributed by atoms with Gasteiger partial charge in [0.2, 0.25) is 0 Å². The Balaban J connectivity index is 2.37. The highest BCUT2D eigenvalue weighted by atomic mass is 32.2. The third-order valence-electron chi connectivity index (χ3n) is 2.68. The molecule has 0 amide bonds. The number of hydrogen-bond donors (Lipinski definition) is 2.